The third kappa shape index (κ3) is 4.02. The fourth-order valence-corrected chi connectivity index (χ4v) is 1.14. The third-order valence-corrected chi connectivity index (χ3v) is 2.18. The van der Waals surface area contributed by atoms with Crippen LogP contribution in [0.3, 0.4) is 0 Å². The number of alkyl halides is 3. The Labute approximate surface area is 102 Å². The monoisotopic (exact) mass is 264 g/mol. The lowest BCUT2D eigenvalue weighted by Crippen LogP contribution is -2.17. The summed E-state index contributed by atoms with van der Waals surface area (Å²) in [7, 11) is 1.44. The summed E-state index contributed by atoms with van der Waals surface area (Å²) in [5, 5.41) is 14.0. The van der Waals surface area contributed by atoms with Crippen LogP contribution in [0.1, 0.15) is 12.6 Å². The molecule has 3 N–H and O–H groups in total. The Hall–Kier alpha value is -1.57. The van der Waals surface area contributed by atoms with Gasteiger partial charge >= 0.3 is 6.18 Å². The van der Waals surface area contributed by atoms with Crippen LogP contribution in [0.4, 0.5) is 24.9 Å². The molecule has 0 aliphatic carbocycles. The van der Waals surface area contributed by atoms with E-state index in [-0.39, 0.29) is 24.3 Å². The molecule has 1 aromatic heterocycles. The first kappa shape index (κ1) is 14.5. The van der Waals surface area contributed by atoms with Crippen LogP contribution in [0.25, 0.3) is 0 Å². The Morgan fingerprint density at radius 3 is 2.56 bits per heavy atom. The first-order chi connectivity index (χ1) is 8.36. The van der Waals surface area contributed by atoms with Crippen LogP contribution in [-0.4, -0.2) is 35.3 Å². The van der Waals surface area contributed by atoms with Gasteiger partial charge in [0.25, 0.3) is 0 Å². The van der Waals surface area contributed by atoms with Crippen molar-refractivity contribution in [3.05, 3.63) is 11.8 Å². The van der Waals surface area contributed by atoms with Crippen molar-refractivity contribution >= 4 is 11.8 Å². The number of nitrogens with zero attached hydrogens (tertiary/aromatic N) is 2. The average Bonchev–Trinajstić information content (AvgIpc) is 2.34. The third-order valence-electron chi connectivity index (χ3n) is 2.18. The van der Waals surface area contributed by atoms with E-state index >= 15 is 0 Å². The minimum atomic E-state index is -4.52. The molecule has 0 aliphatic rings. The van der Waals surface area contributed by atoms with Crippen LogP contribution < -0.4 is 10.6 Å². The predicted molar refractivity (Wildman–Crippen MR) is 61.3 cm³/mol. The van der Waals surface area contributed by atoms with Gasteiger partial charge in [0.05, 0.1) is 0 Å². The second kappa shape index (κ2) is 5.85. The number of aromatic nitrogens is 2. The minimum Gasteiger partial charge on any atom is -0.396 e. The molecule has 0 aromatic carbocycles. The van der Waals surface area contributed by atoms with E-state index < -0.39 is 11.9 Å². The highest BCUT2D eigenvalue weighted by atomic mass is 19.4. The van der Waals surface area contributed by atoms with E-state index in [1.165, 1.54) is 7.05 Å². The lowest BCUT2D eigenvalue weighted by molar-refractivity contribution is -0.141. The van der Waals surface area contributed by atoms with Gasteiger partial charge in [0, 0.05) is 26.3 Å². The molecule has 0 fully saturated rings. The summed E-state index contributed by atoms with van der Waals surface area (Å²) < 4.78 is 37.7. The van der Waals surface area contributed by atoms with E-state index in [0.29, 0.717) is 6.54 Å². The van der Waals surface area contributed by atoms with Crippen LogP contribution in [0.2, 0.25) is 0 Å². The molecule has 0 saturated carbocycles. The van der Waals surface area contributed by atoms with Crippen molar-refractivity contribution in [1.82, 2.24) is 9.97 Å². The van der Waals surface area contributed by atoms with Crippen molar-refractivity contribution in [3.63, 3.8) is 0 Å². The molecule has 0 spiro atoms. The highest BCUT2D eigenvalue weighted by Crippen LogP contribution is 2.29. The smallest absolute Gasteiger partial charge is 0.396 e. The number of hydrogen-bond donors (Lipinski definition) is 3. The highest BCUT2D eigenvalue weighted by molar-refractivity contribution is 5.42. The first-order valence-electron chi connectivity index (χ1n) is 5.35. The molecule has 1 heterocycles. The Balaban J connectivity index is 2.91. The predicted octanol–water partition coefficient (Wildman–Crippen LogP) is 1.58. The minimum absolute atomic E-state index is 0.0525. The molecule has 0 amide bonds. The van der Waals surface area contributed by atoms with Crippen molar-refractivity contribution in [2.75, 3.05) is 30.8 Å². The molecule has 8 heteroatoms. The maximum absolute atomic E-state index is 12.6. The zero-order chi connectivity index (χ0) is 13.8. The van der Waals surface area contributed by atoms with Gasteiger partial charge in [0.1, 0.15) is 5.82 Å². The van der Waals surface area contributed by atoms with Crippen LogP contribution in [0, 0.1) is 5.92 Å². The maximum Gasteiger partial charge on any atom is 0.433 e. The Morgan fingerprint density at radius 2 is 2.06 bits per heavy atom. The fourth-order valence-electron chi connectivity index (χ4n) is 1.14. The van der Waals surface area contributed by atoms with Gasteiger partial charge in [-0.3, -0.25) is 0 Å². The summed E-state index contributed by atoms with van der Waals surface area (Å²) >= 11 is 0. The van der Waals surface area contributed by atoms with E-state index in [0.717, 1.165) is 6.07 Å². The molecule has 18 heavy (non-hydrogen) atoms. The number of halogens is 3. The summed E-state index contributed by atoms with van der Waals surface area (Å²) in [5.41, 5.74) is -1.01. The molecular weight excluding hydrogens is 249 g/mol. The Kier molecular flexibility index (Phi) is 4.71. The normalized spacial score (nSPS) is 13.2. The topological polar surface area (TPSA) is 70.1 Å². The van der Waals surface area contributed by atoms with E-state index in [1.54, 1.807) is 6.92 Å². The van der Waals surface area contributed by atoms with Gasteiger partial charge in [0.15, 0.2) is 5.69 Å². The molecule has 1 rings (SSSR count). The molecule has 0 aliphatic heterocycles. The van der Waals surface area contributed by atoms with Gasteiger partial charge in [0.2, 0.25) is 5.95 Å². The van der Waals surface area contributed by atoms with Crippen LogP contribution in [0.15, 0.2) is 6.07 Å². The van der Waals surface area contributed by atoms with Gasteiger partial charge in [-0.1, -0.05) is 6.92 Å². The Bertz CT molecular complexity index is 397. The van der Waals surface area contributed by atoms with Crippen molar-refractivity contribution in [2.24, 2.45) is 5.92 Å². The quantitative estimate of drug-likeness (QED) is 0.753. The number of rotatable bonds is 5. The van der Waals surface area contributed by atoms with Crippen molar-refractivity contribution in [3.8, 4) is 0 Å². The number of aliphatic hydroxyl groups excluding tert-OH is 1. The van der Waals surface area contributed by atoms with Gasteiger partial charge in [-0.25, -0.2) is 4.98 Å². The van der Waals surface area contributed by atoms with E-state index in [9.17, 15) is 13.2 Å². The zero-order valence-electron chi connectivity index (χ0n) is 10.0. The number of hydrogen-bond acceptors (Lipinski definition) is 5. The summed E-state index contributed by atoms with van der Waals surface area (Å²) in [6, 6.07) is 0.838. The summed E-state index contributed by atoms with van der Waals surface area (Å²) in [5.74, 6) is -0.113. The number of aliphatic hydroxyl groups is 1. The SMILES string of the molecule is CNc1nc(NCC(C)CO)cc(C(F)(F)F)n1. The highest BCUT2D eigenvalue weighted by Gasteiger charge is 2.33. The summed E-state index contributed by atoms with van der Waals surface area (Å²) in [6.07, 6.45) is -4.52. The molecule has 0 bridgehead atoms. The van der Waals surface area contributed by atoms with Crippen LogP contribution >= 0.6 is 0 Å². The van der Waals surface area contributed by atoms with Crippen LogP contribution in [0.5, 0.6) is 0 Å². The maximum atomic E-state index is 12.6. The van der Waals surface area contributed by atoms with Gasteiger partial charge in [-0.2, -0.15) is 18.2 Å². The number of anilines is 2. The van der Waals surface area contributed by atoms with Crippen molar-refractivity contribution < 1.29 is 18.3 Å². The molecule has 1 atom stereocenters. The largest absolute Gasteiger partial charge is 0.433 e. The zero-order valence-corrected chi connectivity index (χ0v) is 10.0. The molecule has 102 valence electrons. The second-order valence-corrected chi connectivity index (χ2v) is 3.88. The van der Waals surface area contributed by atoms with E-state index in [1.807, 2.05) is 0 Å². The molecule has 0 radical (unpaired) electrons. The lowest BCUT2D eigenvalue weighted by Gasteiger charge is -2.13. The van der Waals surface area contributed by atoms with E-state index in [4.69, 9.17) is 5.11 Å². The lowest BCUT2D eigenvalue weighted by atomic mass is 10.2. The molecule has 1 unspecified atom stereocenters. The molecular formula is C10H15F3N4O. The first-order valence-corrected chi connectivity index (χ1v) is 5.35. The van der Waals surface area contributed by atoms with Gasteiger partial charge in [-0.05, 0) is 5.92 Å². The molecule has 1 aromatic rings. The molecule has 0 saturated heterocycles. The fraction of sp³-hybridized carbons (Fsp3) is 0.600. The summed E-state index contributed by atoms with van der Waals surface area (Å²) in [6.45, 7) is 2.04. The van der Waals surface area contributed by atoms with Crippen molar-refractivity contribution in [2.45, 2.75) is 13.1 Å². The number of nitrogens with one attached hydrogen (secondary N) is 2. The average molecular weight is 264 g/mol. The summed E-state index contributed by atoms with van der Waals surface area (Å²) in [4.78, 5) is 7.19. The second-order valence-electron chi connectivity index (χ2n) is 3.88. The van der Waals surface area contributed by atoms with Gasteiger partial charge in [-0.15, -0.1) is 0 Å². The van der Waals surface area contributed by atoms with Crippen molar-refractivity contribution in [1.29, 1.82) is 0 Å². The van der Waals surface area contributed by atoms with E-state index in [2.05, 4.69) is 20.6 Å². The molecule has 5 nitrogen and oxygen atoms in total. The standard InChI is InChI=1S/C10H15F3N4O/c1-6(5-18)4-15-8-3-7(10(11,12)13)16-9(14-2)17-8/h3,6,18H,4-5H2,1-2H3,(H2,14,15,16,17). The van der Waals surface area contributed by atoms with Crippen LogP contribution in [-0.2, 0) is 6.18 Å². The van der Waals surface area contributed by atoms with Gasteiger partial charge < -0.3 is 15.7 Å². The Morgan fingerprint density at radius 1 is 1.39 bits per heavy atom.